The molecule has 0 saturated heterocycles. The number of thiophene rings is 1. The Hall–Kier alpha value is -5.46. The second kappa shape index (κ2) is 10.7. The Bertz CT molecular complexity index is 1870. The van der Waals surface area contributed by atoms with E-state index in [4.69, 9.17) is 11.7 Å². The maximum Gasteiger partial charge on any atom is 0.333 e. The van der Waals surface area contributed by atoms with Crippen molar-refractivity contribution < 1.29 is 9.90 Å². The lowest BCUT2D eigenvalue weighted by molar-refractivity contribution is -0.132. The summed E-state index contributed by atoms with van der Waals surface area (Å²) in [5.74, 6) is -0.841. The maximum absolute atomic E-state index is 11.1. The lowest BCUT2D eigenvalue weighted by Crippen LogP contribution is -2.26. The zero-order valence-corrected chi connectivity index (χ0v) is 21.8. The van der Waals surface area contributed by atoms with Gasteiger partial charge in [0, 0.05) is 45.3 Å². The average molecular weight is 541 g/mol. The maximum atomic E-state index is 11.1. The van der Waals surface area contributed by atoms with E-state index in [-0.39, 0.29) is 0 Å². The summed E-state index contributed by atoms with van der Waals surface area (Å²) in [5, 5.41) is 11.7. The van der Waals surface area contributed by atoms with Crippen molar-refractivity contribution in [1.29, 1.82) is 0 Å². The van der Waals surface area contributed by atoms with E-state index in [0.717, 1.165) is 43.1 Å². The van der Waals surface area contributed by atoms with Crippen LogP contribution in [-0.4, -0.2) is 27.7 Å². The lowest BCUT2D eigenvalue weighted by Gasteiger charge is -2.23. The van der Waals surface area contributed by atoms with E-state index in [1.165, 1.54) is 18.5 Å². The number of hydrogen-bond donors (Lipinski definition) is 1. The highest BCUT2D eigenvalue weighted by atomic mass is 32.1. The number of rotatable bonds is 7. The minimum atomic E-state index is -1.29. The number of hydrogen-bond acceptors (Lipinski definition) is 7. The van der Waals surface area contributed by atoms with Crippen LogP contribution in [0.4, 0.5) is 16.4 Å². The minimum Gasteiger partial charge on any atom is -0.486 e. The Balaban J connectivity index is 1.37. The lowest BCUT2D eigenvalue weighted by atomic mass is 10.1. The third kappa shape index (κ3) is 4.75. The van der Waals surface area contributed by atoms with E-state index in [1.54, 1.807) is 11.3 Å². The molecule has 0 atom stereocenters. The van der Waals surface area contributed by atoms with Gasteiger partial charge in [0.1, 0.15) is 11.7 Å². The average Bonchev–Trinajstić information content (AvgIpc) is 3.68. The monoisotopic (exact) mass is 540 g/mol. The summed E-state index contributed by atoms with van der Waals surface area (Å²) in [6.45, 7) is 7.34. The van der Waals surface area contributed by atoms with Crippen molar-refractivity contribution in [2.45, 2.75) is 0 Å². The predicted octanol–water partition coefficient (Wildman–Crippen LogP) is 5.90. The van der Waals surface area contributed by atoms with Crippen molar-refractivity contribution in [3.63, 3.8) is 0 Å². The fraction of sp³-hybridized carbons (Fsp3) is 0.0323. The van der Waals surface area contributed by atoms with Crippen molar-refractivity contribution in [3.05, 3.63) is 131 Å². The molecule has 2 aromatic heterocycles. The van der Waals surface area contributed by atoms with Crippen LogP contribution in [0.25, 0.3) is 32.7 Å². The van der Waals surface area contributed by atoms with Crippen LogP contribution in [0.5, 0.6) is 0 Å². The molecule has 40 heavy (non-hydrogen) atoms. The highest BCUT2D eigenvalue weighted by molar-refractivity contribution is 7.19. The highest BCUT2D eigenvalue weighted by Gasteiger charge is 2.18. The Kier molecular flexibility index (Phi) is 6.66. The van der Waals surface area contributed by atoms with Gasteiger partial charge in [-0.05, 0) is 48.5 Å². The zero-order valence-electron chi connectivity index (χ0n) is 21.0. The van der Waals surface area contributed by atoms with E-state index in [1.807, 2.05) is 48.5 Å². The first-order chi connectivity index (χ1) is 19.6. The van der Waals surface area contributed by atoms with Gasteiger partial charge in [-0.3, -0.25) is 14.8 Å². The second-order valence-corrected chi connectivity index (χ2v) is 9.81. The summed E-state index contributed by atoms with van der Waals surface area (Å²) < 4.78 is 0. The van der Waals surface area contributed by atoms with Gasteiger partial charge in [-0.2, -0.15) is 0 Å². The molecule has 9 heteroatoms. The van der Waals surface area contributed by atoms with E-state index in [9.17, 15) is 4.79 Å². The number of anilines is 3. The Morgan fingerprint density at radius 1 is 0.850 bits per heavy atom. The number of carboxylic acids is 1. The third-order valence-electron chi connectivity index (χ3n) is 6.27. The standard InChI is InChI=1S/C31H20N6O2S/c1-32-25(31(38)39)16-20-17-33-30(34-18-20)24-13-12-23(28-29(24)36-19-35-28)26-14-15-27(40-26)37(21-8-4-2-5-9-21)22-10-6-3-7-11-22/h2-18H,19H2,(H,38,39)/b25-16-. The fourth-order valence-corrected chi connectivity index (χ4v) is 5.53. The summed E-state index contributed by atoms with van der Waals surface area (Å²) in [6, 6.07) is 28.7. The zero-order chi connectivity index (χ0) is 27.5. The van der Waals surface area contributed by atoms with Crippen molar-refractivity contribution in [2.75, 3.05) is 11.6 Å². The van der Waals surface area contributed by atoms with Crippen molar-refractivity contribution in [2.24, 2.45) is 9.98 Å². The van der Waals surface area contributed by atoms with Gasteiger partial charge in [-0.1, -0.05) is 42.5 Å². The molecular formula is C31H20N6O2S. The molecule has 0 saturated carbocycles. The van der Waals surface area contributed by atoms with E-state index in [2.05, 4.69) is 66.1 Å². The molecule has 0 unspecified atom stereocenters. The Labute approximate surface area is 233 Å². The molecule has 1 aliphatic heterocycles. The summed E-state index contributed by atoms with van der Waals surface area (Å²) in [5.41, 5.74) is 3.91. The van der Waals surface area contributed by atoms with Crippen LogP contribution in [0.3, 0.4) is 0 Å². The van der Waals surface area contributed by atoms with Gasteiger partial charge in [0.2, 0.25) is 0 Å². The number of benzene rings is 3. The van der Waals surface area contributed by atoms with Gasteiger partial charge in [-0.15, -0.1) is 11.3 Å². The molecule has 3 aromatic carbocycles. The summed E-state index contributed by atoms with van der Waals surface area (Å²) >= 11 is 1.68. The molecule has 8 nitrogen and oxygen atoms in total. The van der Waals surface area contributed by atoms with Gasteiger partial charge in [0.25, 0.3) is 5.70 Å². The molecule has 1 N–H and O–H groups in total. The Morgan fingerprint density at radius 3 is 2.05 bits per heavy atom. The number of nitrogens with zero attached hydrogens (tertiary/aromatic N) is 6. The number of carboxylic acid groups (broad SMARTS) is 1. The quantitative estimate of drug-likeness (QED) is 0.205. The van der Waals surface area contributed by atoms with Crippen LogP contribution >= 0.6 is 11.3 Å². The van der Waals surface area contributed by atoms with Crippen LogP contribution in [0.15, 0.2) is 113 Å². The molecule has 5 aromatic rings. The fourth-order valence-electron chi connectivity index (χ4n) is 4.46. The predicted molar refractivity (Wildman–Crippen MR) is 155 cm³/mol. The van der Waals surface area contributed by atoms with E-state index >= 15 is 0 Å². The molecule has 1 aliphatic rings. The normalized spacial score (nSPS) is 12.1. The smallest absolute Gasteiger partial charge is 0.333 e. The molecule has 6 rings (SSSR count). The molecule has 192 valence electrons. The van der Waals surface area contributed by atoms with Crippen LogP contribution in [0.2, 0.25) is 0 Å². The van der Waals surface area contributed by atoms with Crippen LogP contribution < -0.4 is 15.6 Å². The molecule has 0 spiro atoms. The van der Waals surface area contributed by atoms with Gasteiger partial charge in [0.15, 0.2) is 5.82 Å². The van der Waals surface area contributed by atoms with Crippen LogP contribution in [0.1, 0.15) is 5.56 Å². The molecule has 0 radical (unpaired) electrons. The highest BCUT2D eigenvalue weighted by Crippen LogP contribution is 2.41. The number of para-hydroxylation sites is 2. The summed E-state index contributed by atoms with van der Waals surface area (Å²) in [4.78, 5) is 35.6. The molecule has 3 heterocycles. The van der Waals surface area contributed by atoms with Gasteiger partial charge >= 0.3 is 5.97 Å². The first-order valence-corrected chi connectivity index (χ1v) is 13.1. The van der Waals surface area contributed by atoms with Gasteiger partial charge < -0.3 is 10.0 Å². The molecule has 0 fully saturated rings. The SMILES string of the molecule is [C-]#[N+]/C(=C\c1cnc(-c2ccc(-c3ccc(N(c4ccccc4)c4ccccc4)s3)c3c2=NCN=3)nc1)C(=O)O. The molecule has 0 bridgehead atoms. The largest absolute Gasteiger partial charge is 0.486 e. The molecule has 0 aliphatic carbocycles. The number of carbonyl (C=O) groups is 1. The topological polar surface area (TPSA) is 95.4 Å². The van der Waals surface area contributed by atoms with Crippen LogP contribution in [-0.2, 0) is 4.79 Å². The molecule has 0 amide bonds. The minimum absolute atomic E-state index is 0.325. The first kappa shape index (κ1) is 24.9. The summed E-state index contributed by atoms with van der Waals surface area (Å²) in [6.07, 6.45) is 4.24. The number of aromatic nitrogens is 2. The van der Waals surface area contributed by atoms with E-state index < -0.39 is 11.7 Å². The third-order valence-corrected chi connectivity index (χ3v) is 7.37. The van der Waals surface area contributed by atoms with E-state index in [0.29, 0.717) is 18.1 Å². The van der Waals surface area contributed by atoms with Crippen LogP contribution in [0, 0.1) is 6.57 Å². The van der Waals surface area contributed by atoms with Gasteiger partial charge in [-0.25, -0.2) is 14.8 Å². The first-order valence-electron chi connectivity index (χ1n) is 12.3. The Morgan fingerprint density at radius 2 is 1.45 bits per heavy atom. The second-order valence-electron chi connectivity index (χ2n) is 8.75. The van der Waals surface area contributed by atoms with Crippen molar-refractivity contribution >= 4 is 39.8 Å². The number of aliphatic carboxylic acids is 1. The number of fused-ring (bicyclic) bond motifs is 1. The summed E-state index contributed by atoms with van der Waals surface area (Å²) in [7, 11) is 0. The van der Waals surface area contributed by atoms with Gasteiger partial charge in [0.05, 0.1) is 17.3 Å². The van der Waals surface area contributed by atoms with Crippen molar-refractivity contribution in [1.82, 2.24) is 9.97 Å². The van der Waals surface area contributed by atoms with Crippen molar-refractivity contribution in [3.8, 4) is 21.8 Å². The molecular weight excluding hydrogens is 520 g/mol.